The number of ether oxygens (including phenoxy) is 4. The van der Waals surface area contributed by atoms with Gasteiger partial charge in [0.25, 0.3) is 0 Å². The predicted octanol–water partition coefficient (Wildman–Crippen LogP) is -2.18. The van der Waals surface area contributed by atoms with Crippen LogP contribution in [0.2, 0.25) is 0 Å². The van der Waals surface area contributed by atoms with E-state index in [1.165, 1.54) is 18.2 Å². The number of aliphatic hydroxyl groups excluding tert-OH is 6. The van der Waals surface area contributed by atoms with Gasteiger partial charge in [-0.1, -0.05) is 6.07 Å². The number of aromatic hydroxyl groups is 2. The molecular weight excluding hydrogens is 536 g/mol. The summed E-state index contributed by atoms with van der Waals surface area (Å²) in [5.41, 5.74) is -0.511. The molecule has 0 unspecified atom stereocenters. The zero-order valence-electron chi connectivity index (χ0n) is 20.9. The van der Waals surface area contributed by atoms with E-state index < -0.39 is 90.5 Å². The van der Waals surface area contributed by atoms with E-state index in [1.807, 2.05) is 0 Å². The van der Waals surface area contributed by atoms with Gasteiger partial charge in [0.15, 0.2) is 29.4 Å². The number of benzene rings is 2. The van der Waals surface area contributed by atoms with Gasteiger partial charge in [-0.05, 0) is 30.7 Å². The SMILES string of the molecule is Cc1ccc2c(c1O)C(=O)c1ccc(O[C@@H]3O[C@H](CO[C@@H]4OC[C@@H](O)[C@H](O)[C@H]4O)[C@@H](O)[C@H](O)[C@H]3O)c(O)c1C2=O. The smallest absolute Gasteiger partial charge is 0.229 e. The average molecular weight is 564 g/mol. The van der Waals surface area contributed by atoms with Crippen LogP contribution >= 0.6 is 0 Å². The van der Waals surface area contributed by atoms with Crippen molar-refractivity contribution in [2.45, 2.75) is 62.2 Å². The Labute approximate surface area is 226 Å². The van der Waals surface area contributed by atoms with E-state index in [-0.39, 0.29) is 29.0 Å². The molecule has 40 heavy (non-hydrogen) atoms. The van der Waals surface area contributed by atoms with E-state index in [2.05, 4.69) is 0 Å². The quantitative estimate of drug-likeness (QED) is 0.165. The van der Waals surface area contributed by atoms with Gasteiger partial charge >= 0.3 is 0 Å². The third-order valence-electron chi connectivity index (χ3n) is 7.25. The molecule has 2 heterocycles. The molecule has 2 fully saturated rings. The van der Waals surface area contributed by atoms with Gasteiger partial charge in [-0.25, -0.2) is 0 Å². The first-order valence-electron chi connectivity index (χ1n) is 12.3. The highest BCUT2D eigenvalue weighted by atomic mass is 16.7. The van der Waals surface area contributed by atoms with Crippen molar-refractivity contribution in [1.29, 1.82) is 0 Å². The highest BCUT2D eigenvalue weighted by Gasteiger charge is 2.47. The number of aliphatic hydroxyl groups is 6. The maximum atomic E-state index is 13.2. The van der Waals surface area contributed by atoms with E-state index in [0.29, 0.717) is 5.56 Å². The van der Waals surface area contributed by atoms with Crippen molar-refractivity contribution in [2.75, 3.05) is 13.2 Å². The average Bonchev–Trinajstić information content (AvgIpc) is 2.93. The summed E-state index contributed by atoms with van der Waals surface area (Å²) in [6, 6.07) is 5.12. The number of phenolic OH excluding ortho intramolecular Hbond substituents is 2. The van der Waals surface area contributed by atoms with Crippen LogP contribution in [0.3, 0.4) is 0 Å². The van der Waals surface area contributed by atoms with Crippen molar-refractivity contribution in [3.63, 3.8) is 0 Å². The molecule has 9 atom stereocenters. The number of rotatable bonds is 5. The standard InChI is InChI=1S/C26H28O14/c1-8-2-3-9-14(16(8)28)17(29)10-4-5-12(20(32)15(10)18(9)30)39-26-24(36)22(34)21(33)13(40-26)7-38-25-23(35)19(31)11(27)6-37-25/h2-5,11,13,19,21-28,31-36H,6-7H2,1H3/t11-,13-,19+,21-,22+,23-,24-,25+,26-/m1/s1. The summed E-state index contributed by atoms with van der Waals surface area (Å²) in [6.45, 7) is 0.694. The number of ketones is 2. The predicted molar refractivity (Wildman–Crippen MR) is 129 cm³/mol. The molecule has 2 aromatic carbocycles. The molecule has 2 saturated heterocycles. The summed E-state index contributed by atoms with van der Waals surface area (Å²) >= 11 is 0. The Hall–Kier alpha value is -3.18. The van der Waals surface area contributed by atoms with Crippen molar-refractivity contribution in [2.24, 2.45) is 0 Å². The van der Waals surface area contributed by atoms with Gasteiger partial charge in [0.05, 0.1) is 24.3 Å². The van der Waals surface area contributed by atoms with Crippen molar-refractivity contribution >= 4 is 11.6 Å². The van der Waals surface area contributed by atoms with Crippen molar-refractivity contribution in [3.05, 3.63) is 52.1 Å². The summed E-state index contributed by atoms with van der Waals surface area (Å²) in [5.74, 6) is -2.94. The molecule has 1 aliphatic carbocycles. The van der Waals surface area contributed by atoms with Gasteiger partial charge in [0.2, 0.25) is 6.29 Å². The van der Waals surface area contributed by atoms with Crippen molar-refractivity contribution in [1.82, 2.24) is 0 Å². The second-order valence-corrected chi connectivity index (χ2v) is 9.86. The molecule has 0 amide bonds. The highest BCUT2D eigenvalue weighted by molar-refractivity contribution is 6.30. The molecule has 0 radical (unpaired) electrons. The Balaban J connectivity index is 1.35. The lowest BCUT2D eigenvalue weighted by molar-refractivity contribution is -0.307. The molecule has 216 valence electrons. The number of hydrogen-bond acceptors (Lipinski definition) is 14. The molecule has 2 aliphatic heterocycles. The van der Waals surface area contributed by atoms with Gasteiger partial charge in [0, 0.05) is 11.1 Å². The van der Waals surface area contributed by atoms with E-state index in [1.54, 1.807) is 6.92 Å². The molecule has 0 aromatic heterocycles. The van der Waals surface area contributed by atoms with Crippen LogP contribution in [-0.2, 0) is 14.2 Å². The van der Waals surface area contributed by atoms with Crippen LogP contribution in [0, 0.1) is 6.92 Å². The number of hydrogen-bond donors (Lipinski definition) is 8. The van der Waals surface area contributed by atoms with Crippen molar-refractivity contribution in [3.8, 4) is 17.2 Å². The van der Waals surface area contributed by atoms with E-state index >= 15 is 0 Å². The Morgan fingerprint density at radius 3 is 2.05 bits per heavy atom. The van der Waals surface area contributed by atoms with Gasteiger partial charge in [0.1, 0.15) is 48.5 Å². The number of fused-ring (bicyclic) bond motifs is 2. The van der Waals surface area contributed by atoms with E-state index in [0.717, 1.165) is 6.07 Å². The number of carbonyl (C=O) groups is 2. The van der Waals surface area contributed by atoms with Crippen LogP contribution in [0.5, 0.6) is 17.2 Å². The molecule has 0 spiro atoms. The van der Waals surface area contributed by atoms with Crippen LogP contribution < -0.4 is 4.74 Å². The second kappa shape index (κ2) is 10.7. The molecule has 14 nitrogen and oxygen atoms in total. The highest BCUT2D eigenvalue weighted by Crippen LogP contribution is 2.42. The lowest BCUT2D eigenvalue weighted by atomic mass is 9.82. The molecule has 5 rings (SSSR count). The molecule has 14 heteroatoms. The fourth-order valence-electron chi connectivity index (χ4n) is 4.86. The number of aryl methyl sites for hydroxylation is 1. The lowest BCUT2D eigenvalue weighted by Gasteiger charge is -2.41. The first-order chi connectivity index (χ1) is 18.9. The first-order valence-corrected chi connectivity index (χ1v) is 12.3. The van der Waals surface area contributed by atoms with Gasteiger partial charge in [-0.2, -0.15) is 0 Å². The van der Waals surface area contributed by atoms with Gasteiger partial charge < -0.3 is 59.8 Å². The maximum absolute atomic E-state index is 13.2. The minimum Gasteiger partial charge on any atom is -0.507 e. The molecular formula is C26H28O14. The Morgan fingerprint density at radius 1 is 0.775 bits per heavy atom. The molecule has 2 aromatic rings. The lowest BCUT2D eigenvalue weighted by Crippen LogP contribution is -2.61. The van der Waals surface area contributed by atoms with Gasteiger partial charge in [-0.3, -0.25) is 9.59 Å². The van der Waals surface area contributed by atoms with E-state index in [9.17, 15) is 50.4 Å². The number of phenols is 2. The normalized spacial score (nSPS) is 33.8. The zero-order valence-corrected chi connectivity index (χ0v) is 20.9. The zero-order chi connectivity index (χ0) is 29.0. The third-order valence-corrected chi connectivity index (χ3v) is 7.25. The van der Waals surface area contributed by atoms with Crippen LogP contribution in [0.15, 0.2) is 24.3 Å². The Kier molecular flexibility index (Phi) is 7.56. The fraction of sp³-hybridized carbons (Fsp3) is 0.462. The van der Waals surface area contributed by atoms with Crippen LogP contribution in [-0.4, -0.2) is 121 Å². The number of carbonyl (C=O) groups excluding carboxylic acids is 2. The second-order valence-electron chi connectivity index (χ2n) is 9.86. The molecule has 3 aliphatic rings. The summed E-state index contributed by atoms with van der Waals surface area (Å²) in [4.78, 5) is 26.2. The fourth-order valence-corrected chi connectivity index (χ4v) is 4.86. The summed E-state index contributed by atoms with van der Waals surface area (Å²) in [6.07, 6.45) is -14.4. The third kappa shape index (κ3) is 4.62. The van der Waals surface area contributed by atoms with Crippen LogP contribution in [0.1, 0.15) is 37.4 Å². The Morgan fingerprint density at radius 2 is 1.38 bits per heavy atom. The molecule has 0 bridgehead atoms. The van der Waals surface area contributed by atoms with Crippen molar-refractivity contribution < 1.29 is 69.4 Å². The summed E-state index contributed by atoms with van der Waals surface area (Å²) < 4.78 is 21.6. The Bertz CT molecular complexity index is 1330. The van der Waals surface area contributed by atoms with Crippen LogP contribution in [0.25, 0.3) is 0 Å². The maximum Gasteiger partial charge on any atom is 0.229 e. The van der Waals surface area contributed by atoms with Crippen LogP contribution in [0.4, 0.5) is 0 Å². The molecule has 0 saturated carbocycles. The summed E-state index contributed by atoms with van der Waals surface area (Å²) in [5, 5.41) is 81.9. The topological polar surface area (TPSA) is 233 Å². The first kappa shape index (κ1) is 28.4. The molecule has 8 N–H and O–H groups in total. The van der Waals surface area contributed by atoms with E-state index in [4.69, 9.17) is 18.9 Å². The largest absolute Gasteiger partial charge is 0.507 e. The van der Waals surface area contributed by atoms with Gasteiger partial charge in [-0.15, -0.1) is 0 Å². The summed E-state index contributed by atoms with van der Waals surface area (Å²) in [7, 11) is 0. The minimum absolute atomic E-state index is 0.123. The monoisotopic (exact) mass is 564 g/mol. The minimum atomic E-state index is -1.84.